The van der Waals surface area contributed by atoms with Crippen molar-refractivity contribution in [3.63, 3.8) is 0 Å². The van der Waals surface area contributed by atoms with E-state index in [4.69, 9.17) is 7.16 Å². The van der Waals surface area contributed by atoms with E-state index in [9.17, 15) is 0 Å². The smallest absolute Gasteiger partial charge is 0.143 e. The van der Waals surface area contributed by atoms with E-state index in [1.165, 1.54) is 32.7 Å². The lowest BCUT2D eigenvalue weighted by molar-refractivity contribution is 0.670. The van der Waals surface area contributed by atoms with Gasteiger partial charge in [0.2, 0.25) is 0 Å². The minimum absolute atomic E-state index is 0.488. The van der Waals surface area contributed by atoms with Crippen LogP contribution in [0.15, 0.2) is 162 Å². The molecule has 0 saturated heterocycles. The van der Waals surface area contributed by atoms with Gasteiger partial charge in [-0.3, -0.25) is 0 Å². The third kappa shape index (κ3) is 3.65. The quantitative estimate of drug-likeness (QED) is 0.200. The normalized spacial score (nSPS) is 12.4. The zero-order chi connectivity index (χ0) is 30.1. The number of furan rings is 1. The molecule has 0 spiro atoms. The van der Waals surface area contributed by atoms with E-state index in [1.807, 2.05) is 54.6 Å². The number of hydrogen-bond acceptors (Lipinski definition) is 1. The molecule has 0 aliphatic heterocycles. The maximum absolute atomic E-state index is 8.07. The molecule has 0 amide bonds. The number of para-hydroxylation sites is 1. The van der Waals surface area contributed by atoms with Gasteiger partial charge in [0, 0.05) is 16.3 Å². The molecule has 9 rings (SSSR count). The highest BCUT2D eigenvalue weighted by Gasteiger charge is 2.22. The van der Waals surface area contributed by atoms with Gasteiger partial charge in [-0.2, -0.15) is 0 Å². The molecule has 0 aliphatic rings. The largest absolute Gasteiger partial charge is 0.455 e. The van der Waals surface area contributed by atoms with Gasteiger partial charge >= 0.3 is 0 Å². The van der Waals surface area contributed by atoms with E-state index >= 15 is 0 Å². The Morgan fingerprint density at radius 3 is 1.79 bits per heavy atom. The minimum atomic E-state index is 0.488. The molecule has 0 bridgehead atoms. The lowest BCUT2D eigenvalue weighted by Gasteiger charge is -2.19. The average Bonchev–Trinajstić information content (AvgIpc) is 3.47. The van der Waals surface area contributed by atoms with Crippen LogP contribution in [0.4, 0.5) is 0 Å². The summed E-state index contributed by atoms with van der Waals surface area (Å²) in [4.78, 5) is 0. The first kappa shape index (κ1) is 22.0. The van der Waals surface area contributed by atoms with E-state index in [1.54, 1.807) is 0 Å². The van der Waals surface area contributed by atoms with Crippen LogP contribution in [0.2, 0.25) is 0 Å². The number of hydrogen-bond donors (Lipinski definition) is 0. The molecule has 0 aliphatic carbocycles. The van der Waals surface area contributed by atoms with Gasteiger partial charge in [-0.15, -0.1) is 0 Å². The van der Waals surface area contributed by atoms with Crippen molar-refractivity contribution in [3.05, 3.63) is 158 Å². The number of rotatable bonds is 3. The zero-order valence-electron chi connectivity index (χ0n) is 25.3. The van der Waals surface area contributed by atoms with Gasteiger partial charge in [0.25, 0.3) is 0 Å². The summed E-state index contributed by atoms with van der Waals surface area (Å²) in [6.45, 7) is 0. The van der Waals surface area contributed by atoms with Crippen molar-refractivity contribution in [3.8, 4) is 33.4 Å². The summed E-state index contributed by atoms with van der Waals surface area (Å²) in [6, 6.07) is 51.2. The van der Waals surface area contributed by atoms with Gasteiger partial charge in [0.15, 0.2) is 0 Å². The van der Waals surface area contributed by atoms with Gasteiger partial charge in [0.05, 0.1) is 2.74 Å². The van der Waals surface area contributed by atoms with Crippen molar-refractivity contribution in [1.82, 2.24) is 0 Å². The fourth-order valence-corrected chi connectivity index (χ4v) is 6.84. The second-order valence-corrected chi connectivity index (χ2v) is 11.1. The SMILES string of the molecule is [2H]c1ccc(-c2ccc(-c3c4ccccc4c(-c4ccc5cc([2H])ccc5c4)c4ccccc34)c3c2oc2ccccc23)cc1. The molecular formula is C42H26O. The van der Waals surface area contributed by atoms with Gasteiger partial charge < -0.3 is 4.42 Å². The van der Waals surface area contributed by atoms with Crippen LogP contribution >= 0.6 is 0 Å². The molecule has 0 atom stereocenters. The summed E-state index contributed by atoms with van der Waals surface area (Å²) in [5, 5.41) is 9.14. The standard InChI is InChI=1S/C42H26O/c1-2-13-28(14-3-1)31-24-25-37(41-36-20-10-11-21-38(36)43-42(31)41)40-34-18-8-6-16-32(34)39(33-17-7-9-19-35(33)40)30-23-22-27-12-4-5-15-29(27)26-30/h1-26H/i1D,4D. The number of benzene rings is 8. The third-order valence-corrected chi connectivity index (χ3v) is 8.73. The average molecular weight is 549 g/mol. The summed E-state index contributed by atoms with van der Waals surface area (Å²) >= 11 is 0. The van der Waals surface area contributed by atoms with Crippen LogP contribution in [-0.4, -0.2) is 0 Å². The van der Waals surface area contributed by atoms with Crippen LogP contribution in [0.3, 0.4) is 0 Å². The van der Waals surface area contributed by atoms with Crippen LogP contribution in [-0.2, 0) is 0 Å². The highest BCUT2D eigenvalue weighted by molar-refractivity contribution is 6.26. The molecule has 1 nitrogen and oxygen atoms in total. The summed E-state index contributed by atoms with van der Waals surface area (Å²) in [7, 11) is 0. The van der Waals surface area contributed by atoms with Crippen molar-refractivity contribution in [2.75, 3.05) is 0 Å². The van der Waals surface area contributed by atoms with Crippen LogP contribution < -0.4 is 0 Å². The van der Waals surface area contributed by atoms with Crippen molar-refractivity contribution in [2.24, 2.45) is 0 Å². The van der Waals surface area contributed by atoms with E-state index in [2.05, 4.69) is 91.0 Å². The van der Waals surface area contributed by atoms with Crippen LogP contribution in [0.1, 0.15) is 2.74 Å². The third-order valence-electron chi connectivity index (χ3n) is 8.73. The lowest BCUT2D eigenvalue weighted by atomic mass is 9.84. The van der Waals surface area contributed by atoms with Crippen molar-refractivity contribution in [2.45, 2.75) is 0 Å². The van der Waals surface area contributed by atoms with E-state index < -0.39 is 0 Å². The van der Waals surface area contributed by atoms with Gasteiger partial charge in [0.1, 0.15) is 11.2 Å². The van der Waals surface area contributed by atoms with E-state index in [0.717, 1.165) is 55.0 Å². The Morgan fingerprint density at radius 2 is 1.05 bits per heavy atom. The molecule has 0 N–H and O–H groups in total. The molecule has 0 unspecified atom stereocenters. The second-order valence-electron chi connectivity index (χ2n) is 11.1. The molecule has 1 aromatic heterocycles. The van der Waals surface area contributed by atoms with E-state index in [0.29, 0.717) is 12.1 Å². The molecule has 200 valence electrons. The topological polar surface area (TPSA) is 13.1 Å². The fraction of sp³-hybridized carbons (Fsp3) is 0. The Labute approximate surface area is 252 Å². The highest BCUT2D eigenvalue weighted by atomic mass is 16.3. The zero-order valence-corrected chi connectivity index (χ0v) is 23.3. The maximum atomic E-state index is 8.07. The Balaban J connectivity index is 1.40. The summed E-state index contributed by atoms with van der Waals surface area (Å²) < 4.78 is 22.7. The molecule has 1 heteroatoms. The summed E-state index contributed by atoms with van der Waals surface area (Å²) in [5.41, 5.74) is 8.45. The summed E-state index contributed by atoms with van der Waals surface area (Å²) in [5.74, 6) is 0. The Bertz CT molecular complexity index is 2550. The molecule has 0 fully saturated rings. The molecule has 43 heavy (non-hydrogen) atoms. The first-order valence-corrected chi connectivity index (χ1v) is 14.6. The van der Waals surface area contributed by atoms with Crippen molar-refractivity contribution < 1.29 is 7.16 Å². The molecule has 0 saturated carbocycles. The lowest BCUT2D eigenvalue weighted by Crippen LogP contribution is -1.92. The van der Waals surface area contributed by atoms with Crippen molar-refractivity contribution in [1.29, 1.82) is 0 Å². The molecule has 8 aromatic carbocycles. The van der Waals surface area contributed by atoms with E-state index in [-0.39, 0.29) is 0 Å². The predicted octanol–water partition coefficient (Wildman–Crippen LogP) is 12.0. The maximum Gasteiger partial charge on any atom is 0.143 e. The number of fused-ring (bicyclic) bond motifs is 6. The van der Waals surface area contributed by atoms with Crippen molar-refractivity contribution >= 4 is 54.3 Å². The highest BCUT2D eigenvalue weighted by Crippen LogP contribution is 2.48. The minimum Gasteiger partial charge on any atom is -0.455 e. The first-order valence-electron chi connectivity index (χ1n) is 15.6. The molecule has 1 heterocycles. The monoisotopic (exact) mass is 548 g/mol. The predicted molar refractivity (Wildman–Crippen MR) is 183 cm³/mol. The summed E-state index contributed by atoms with van der Waals surface area (Å²) in [6.07, 6.45) is 0. The van der Waals surface area contributed by atoms with Gasteiger partial charge in [-0.05, 0) is 78.3 Å². The Morgan fingerprint density at radius 1 is 0.419 bits per heavy atom. The molecule has 0 radical (unpaired) electrons. The first-order chi connectivity index (χ1) is 22.1. The van der Waals surface area contributed by atoms with Crippen LogP contribution in [0.5, 0.6) is 0 Å². The Kier molecular flexibility index (Phi) is 4.83. The molecule has 9 aromatic rings. The van der Waals surface area contributed by atoms with Crippen LogP contribution in [0, 0.1) is 0 Å². The molecular weight excluding hydrogens is 520 g/mol. The van der Waals surface area contributed by atoms with Gasteiger partial charge in [-0.1, -0.05) is 139 Å². The van der Waals surface area contributed by atoms with Crippen LogP contribution in [0.25, 0.3) is 87.6 Å². The Hall–Kier alpha value is -5.66. The van der Waals surface area contributed by atoms with Gasteiger partial charge in [-0.25, -0.2) is 0 Å². The second kappa shape index (κ2) is 9.44. The fourth-order valence-electron chi connectivity index (χ4n) is 6.84.